The minimum atomic E-state index is -0.956. The van der Waals surface area contributed by atoms with Crippen molar-refractivity contribution >= 4 is 11.8 Å². The summed E-state index contributed by atoms with van der Waals surface area (Å²) in [4.78, 5) is 29.2. The monoisotopic (exact) mass is 451 g/mol. The van der Waals surface area contributed by atoms with Gasteiger partial charge in [-0.2, -0.15) is 0 Å². The summed E-state index contributed by atoms with van der Waals surface area (Å²) < 4.78 is 7.26. The molecule has 33 heavy (non-hydrogen) atoms. The van der Waals surface area contributed by atoms with Gasteiger partial charge in [-0.1, -0.05) is 62.4 Å². The van der Waals surface area contributed by atoms with E-state index in [-0.39, 0.29) is 17.9 Å². The van der Waals surface area contributed by atoms with Gasteiger partial charge in [-0.05, 0) is 43.9 Å². The van der Waals surface area contributed by atoms with E-state index in [9.17, 15) is 9.59 Å². The van der Waals surface area contributed by atoms with E-state index in [4.69, 9.17) is 4.74 Å². The van der Waals surface area contributed by atoms with Crippen molar-refractivity contribution in [3.05, 3.63) is 48.2 Å². The van der Waals surface area contributed by atoms with Gasteiger partial charge in [-0.15, -0.1) is 0 Å². The fourth-order valence-corrected chi connectivity index (χ4v) is 5.29. The van der Waals surface area contributed by atoms with Crippen LogP contribution in [0.25, 0.3) is 11.3 Å². The second-order valence-corrected chi connectivity index (χ2v) is 9.65. The summed E-state index contributed by atoms with van der Waals surface area (Å²) in [5.74, 6) is -0.132. The van der Waals surface area contributed by atoms with Crippen LogP contribution in [0.4, 0.5) is 0 Å². The zero-order chi connectivity index (χ0) is 23.3. The molecule has 178 valence electrons. The Morgan fingerprint density at radius 3 is 2.39 bits per heavy atom. The minimum absolute atomic E-state index is 0.0443. The molecule has 1 N–H and O–H groups in total. The Morgan fingerprint density at radius 2 is 1.70 bits per heavy atom. The second kappa shape index (κ2) is 10.6. The van der Waals surface area contributed by atoms with Gasteiger partial charge in [0.25, 0.3) is 5.91 Å². The molecule has 1 aromatic heterocycles. The maximum absolute atomic E-state index is 13.8. The number of methoxy groups -OCH3 is 1. The highest BCUT2D eigenvalue weighted by atomic mass is 16.5. The van der Waals surface area contributed by atoms with Gasteiger partial charge in [0.1, 0.15) is 11.2 Å². The summed E-state index contributed by atoms with van der Waals surface area (Å²) in [5, 5.41) is 3.34. The Labute approximate surface area is 197 Å². The lowest BCUT2D eigenvalue weighted by atomic mass is 9.91. The molecule has 0 radical (unpaired) electrons. The third kappa shape index (κ3) is 5.01. The number of nitrogens with zero attached hydrogens (tertiary/aromatic N) is 2. The summed E-state index contributed by atoms with van der Waals surface area (Å²) in [6.07, 6.45) is 8.79. The number of aromatic nitrogens is 1. The van der Waals surface area contributed by atoms with Crippen LogP contribution in [0.15, 0.2) is 42.5 Å². The molecule has 0 bridgehead atoms. The van der Waals surface area contributed by atoms with E-state index in [1.54, 1.807) is 12.0 Å². The van der Waals surface area contributed by atoms with E-state index in [0.717, 1.165) is 36.9 Å². The lowest BCUT2D eigenvalue weighted by Crippen LogP contribution is -2.65. The molecule has 1 fully saturated rings. The predicted molar refractivity (Wildman–Crippen MR) is 130 cm³/mol. The van der Waals surface area contributed by atoms with E-state index in [1.807, 2.05) is 54.0 Å². The highest BCUT2D eigenvalue weighted by Gasteiger charge is 2.47. The molecular formula is C27H37N3O3. The summed E-state index contributed by atoms with van der Waals surface area (Å²) in [6.45, 7) is 3.41. The summed E-state index contributed by atoms with van der Waals surface area (Å²) in [7, 11) is 1.66. The molecule has 1 aliphatic heterocycles. The summed E-state index contributed by atoms with van der Waals surface area (Å²) >= 11 is 0. The first kappa shape index (κ1) is 23.6. The number of carbonyl (C=O) groups excluding carboxylic acids is 2. The number of ether oxygens (including phenoxy) is 1. The summed E-state index contributed by atoms with van der Waals surface area (Å²) in [5.41, 5.74) is 1.71. The minimum Gasteiger partial charge on any atom is -0.385 e. The number of benzene rings is 1. The van der Waals surface area contributed by atoms with Crippen molar-refractivity contribution in [3.63, 3.8) is 0 Å². The van der Waals surface area contributed by atoms with Gasteiger partial charge >= 0.3 is 0 Å². The van der Waals surface area contributed by atoms with E-state index in [0.29, 0.717) is 31.8 Å². The first-order valence-electron chi connectivity index (χ1n) is 12.4. The van der Waals surface area contributed by atoms with Crippen molar-refractivity contribution in [2.24, 2.45) is 0 Å². The zero-order valence-electron chi connectivity index (χ0n) is 20.0. The fourth-order valence-electron chi connectivity index (χ4n) is 5.29. The first-order chi connectivity index (χ1) is 16.0. The van der Waals surface area contributed by atoms with Crippen molar-refractivity contribution in [1.82, 2.24) is 14.8 Å². The van der Waals surface area contributed by atoms with E-state index in [2.05, 4.69) is 5.32 Å². The standard InChI is InChI=1S/C27H37N3O3/c1-27(26(32)28-22-14-9-4-3-5-10-15-22)20-29-23(21-12-7-6-8-13-21)16-17-24(29)25(31)30(27)18-11-19-33-2/h6-8,12-13,16-17,22H,3-5,9-11,14-15,18-20H2,1-2H3,(H,28,32). The zero-order valence-corrected chi connectivity index (χ0v) is 20.0. The van der Waals surface area contributed by atoms with E-state index >= 15 is 0 Å². The SMILES string of the molecule is COCCCN1C(=O)c2ccc(-c3ccccc3)n2CC1(C)C(=O)NC1CCCCCCC1. The highest BCUT2D eigenvalue weighted by molar-refractivity contribution is 6.00. The van der Waals surface area contributed by atoms with Crippen LogP contribution in [0.1, 0.15) is 68.8 Å². The molecule has 1 aromatic carbocycles. The molecule has 2 aliphatic rings. The van der Waals surface area contributed by atoms with Crippen LogP contribution in [-0.4, -0.2) is 53.1 Å². The topological polar surface area (TPSA) is 63.6 Å². The largest absolute Gasteiger partial charge is 0.385 e. The molecule has 2 aromatic rings. The molecule has 6 nitrogen and oxygen atoms in total. The van der Waals surface area contributed by atoms with Gasteiger partial charge in [-0.3, -0.25) is 9.59 Å². The van der Waals surface area contributed by atoms with Crippen LogP contribution in [0.3, 0.4) is 0 Å². The smallest absolute Gasteiger partial charge is 0.271 e. The second-order valence-electron chi connectivity index (χ2n) is 9.65. The van der Waals surface area contributed by atoms with Gasteiger partial charge in [0.05, 0.1) is 6.54 Å². The highest BCUT2D eigenvalue weighted by Crippen LogP contribution is 2.33. The molecule has 4 rings (SSSR count). The maximum atomic E-state index is 13.8. The maximum Gasteiger partial charge on any atom is 0.271 e. The van der Waals surface area contributed by atoms with Gasteiger partial charge in [-0.25, -0.2) is 0 Å². The number of carbonyl (C=O) groups is 2. The van der Waals surface area contributed by atoms with Crippen LogP contribution in [0.5, 0.6) is 0 Å². The number of rotatable bonds is 7. The quantitative estimate of drug-likeness (QED) is 0.624. The number of nitrogens with one attached hydrogen (secondary N) is 1. The lowest BCUT2D eigenvalue weighted by molar-refractivity contribution is -0.133. The molecule has 1 atom stereocenters. The molecule has 6 heteroatoms. The average molecular weight is 452 g/mol. The average Bonchev–Trinajstić information content (AvgIpc) is 3.22. The fraction of sp³-hybridized carbons (Fsp3) is 0.556. The molecule has 2 amide bonds. The number of hydrogen-bond acceptors (Lipinski definition) is 3. The van der Waals surface area contributed by atoms with Gasteiger partial charge in [0.2, 0.25) is 5.91 Å². The van der Waals surface area contributed by atoms with Gasteiger partial charge < -0.3 is 19.5 Å². The van der Waals surface area contributed by atoms with Gasteiger partial charge in [0, 0.05) is 32.0 Å². The number of amides is 2. The van der Waals surface area contributed by atoms with Crippen molar-refractivity contribution in [2.75, 3.05) is 20.3 Å². The van der Waals surface area contributed by atoms with Crippen LogP contribution in [0, 0.1) is 0 Å². The van der Waals surface area contributed by atoms with Crippen molar-refractivity contribution in [1.29, 1.82) is 0 Å². The Hall–Kier alpha value is -2.60. The van der Waals surface area contributed by atoms with Crippen molar-refractivity contribution in [2.45, 2.75) is 76.4 Å². The predicted octanol–water partition coefficient (Wildman–Crippen LogP) is 4.64. The molecule has 0 saturated heterocycles. The molecule has 1 saturated carbocycles. The molecule has 0 spiro atoms. The molecule has 2 heterocycles. The Bertz CT molecular complexity index is 947. The Morgan fingerprint density at radius 1 is 1.03 bits per heavy atom. The van der Waals surface area contributed by atoms with E-state index < -0.39 is 5.54 Å². The normalized spacial score (nSPS) is 21.9. The third-order valence-corrected chi connectivity index (χ3v) is 7.24. The summed E-state index contributed by atoms with van der Waals surface area (Å²) in [6, 6.07) is 14.1. The van der Waals surface area contributed by atoms with E-state index in [1.165, 1.54) is 19.3 Å². The first-order valence-corrected chi connectivity index (χ1v) is 12.4. The lowest BCUT2D eigenvalue weighted by Gasteiger charge is -2.45. The van der Waals surface area contributed by atoms with Crippen molar-refractivity contribution < 1.29 is 14.3 Å². The van der Waals surface area contributed by atoms with Crippen LogP contribution in [0.2, 0.25) is 0 Å². The molecule has 1 aliphatic carbocycles. The Balaban J connectivity index is 1.64. The van der Waals surface area contributed by atoms with Crippen molar-refractivity contribution in [3.8, 4) is 11.3 Å². The Kier molecular flexibility index (Phi) is 7.53. The third-order valence-electron chi connectivity index (χ3n) is 7.24. The number of hydrogen-bond donors (Lipinski definition) is 1. The molecular weight excluding hydrogens is 414 g/mol. The van der Waals surface area contributed by atoms with Crippen LogP contribution in [-0.2, 0) is 16.1 Å². The van der Waals surface area contributed by atoms with Crippen LogP contribution >= 0.6 is 0 Å². The molecule has 1 unspecified atom stereocenters. The van der Waals surface area contributed by atoms with Gasteiger partial charge in [0.15, 0.2) is 0 Å². The number of fused-ring (bicyclic) bond motifs is 1. The van der Waals surface area contributed by atoms with Crippen LogP contribution < -0.4 is 5.32 Å².